The molecule has 0 unspecified atom stereocenters. The van der Waals surface area contributed by atoms with Crippen molar-refractivity contribution in [3.05, 3.63) is 28.5 Å². The number of unbranched alkanes of at least 4 members (excludes halogenated alkanes) is 2. The fraction of sp³-hybridized carbons (Fsp3) is 0.308. The highest BCUT2D eigenvalue weighted by atomic mass is 79.9. The van der Waals surface area contributed by atoms with E-state index in [0.29, 0.717) is 23.0 Å². The van der Waals surface area contributed by atoms with Gasteiger partial charge in [-0.3, -0.25) is 4.79 Å². The summed E-state index contributed by atoms with van der Waals surface area (Å²) in [7, 11) is 0. The maximum Gasteiger partial charge on any atom is 0.224 e. The molecule has 90 valence electrons. The molecule has 0 aliphatic rings. The van der Waals surface area contributed by atoms with Gasteiger partial charge in [0.15, 0.2) is 0 Å². The smallest absolute Gasteiger partial charge is 0.224 e. The van der Waals surface area contributed by atoms with Crippen LogP contribution in [0, 0.1) is 18.2 Å². The molecule has 0 fully saturated rings. The zero-order valence-electron chi connectivity index (χ0n) is 9.30. The molecule has 0 radical (unpaired) electrons. The molecule has 1 aromatic rings. The summed E-state index contributed by atoms with van der Waals surface area (Å²) in [5, 5.41) is 2.65. The Hall–Kier alpha value is -1.34. The van der Waals surface area contributed by atoms with Crippen LogP contribution in [0.1, 0.15) is 25.7 Å². The molecular formula is C13H13BrFNO. The van der Waals surface area contributed by atoms with Gasteiger partial charge in [-0.2, -0.15) is 0 Å². The number of hydrogen-bond donors (Lipinski definition) is 1. The van der Waals surface area contributed by atoms with E-state index in [2.05, 4.69) is 27.2 Å². The molecule has 1 rings (SSSR count). The topological polar surface area (TPSA) is 29.1 Å². The third-order valence-corrected chi connectivity index (χ3v) is 2.87. The zero-order chi connectivity index (χ0) is 12.7. The van der Waals surface area contributed by atoms with Gasteiger partial charge in [0.05, 0.1) is 5.69 Å². The Labute approximate surface area is 109 Å². The van der Waals surface area contributed by atoms with Gasteiger partial charge in [0.25, 0.3) is 0 Å². The first-order valence-electron chi connectivity index (χ1n) is 5.32. The molecule has 0 aliphatic carbocycles. The van der Waals surface area contributed by atoms with E-state index in [1.54, 1.807) is 6.07 Å². The molecule has 4 heteroatoms. The van der Waals surface area contributed by atoms with E-state index in [9.17, 15) is 9.18 Å². The molecule has 0 saturated heterocycles. The highest BCUT2D eigenvalue weighted by Gasteiger charge is 2.06. The lowest BCUT2D eigenvalue weighted by Gasteiger charge is -2.07. The van der Waals surface area contributed by atoms with Crippen LogP contribution < -0.4 is 5.32 Å². The maximum absolute atomic E-state index is 13.0. The number of carbonyl (C=O) groups excluding carboxylic acids is 1. The summed E-state index contributed by atoms with van der Waals surface area (Å²) in [5.41, 5.74) is 0.451. The van der Waals surface area contributed by atoms with Gasteiger partial charge in [0.2, 0.25) is 5.91 Å². The molecule has 0 saturated carbocycles. The van der Waals surface area contributed by atoms with E-state index < -0.39 is 0 Å². The number of halogens is 2. The first-order valence-corrected chi connectivity index (χ1v) is 6.11. The van der Waals surface area contributed by atoms with Gasteiger partial charge in [-0.05, 0) is 47.0 Å². The lowest BCUT2D eigenvalue weighted by Crippen LogP contribution is -2.11. The van der Waals surface area contributed by atoms with Crippen molar-refractivity contribution in [3.63, 3.8) is 0 Å². The molecule has 1 amide bonds. The van der Waals surface area contributed by atoms with Crippen LogP contribution in [0.4, 0.5) is 10.1 Å². The fourth-order valence-corrected chi connectivity index (χ4v) is 1.66. The zero-order valence-corrected chi connectivity index (χ0v) is 10.9. The predicted molar refractivity (Wildman–Crippen MR) is 70.0 cm³/mol. The van der Waals surface area contributed by atoms with Crippen LogP contribution in [-0.2, 0) is 4.79 Å². The Morgan fingerprint density at radius 3 is 2.94 bits per heavy atom. The van der Waals surface area contributed by atoms with Crippen LogP contribution in [0.5, 0.6) is 0 Å². The molecule has 0 atom stereocenters. The number of terminal acetylenes is 1. The molecule has 0 bridgehead atoms. The largest absolute Gasteiger partial charge is 0.325 e. The van der Waals surface area contributed by atoms with E-state index in [0.717, 1.165) is 12.8 Å². The van der Waals surface area contributed by atoms with Crippen LogP contribution in [0.25, 0.3) is 0 Å². The standard InChI is InChI=1S/C13H13BrFNO/c1-2-3-4-5-6-13(17)16-12-9-10(15)7-8-11(12)14/h1,7-9H,3-6H2,(H,16,17). The Bertz CT molecular complexity index is 440. The summed E-state index contributed by atoms with van der Waals surface area (Å²) < 4.78 is 13.6. The van der Waals surface area contributed by atoms with E-state index in [4.69, 9.17) is 6.42 Å². The predicted octanol–water partition coefficient (Wildman–Crippen LogP) is 3.72. The van der Waals surface area contributed by atoms with Gasteiger partial charge in [0.1, 0.15) is 5.82 Å². The van der Waals surface area contributed by atoms with Crippen LogP contribution >= 0.6 is 15.9 Å². The molecule has 0 aromatic heterocycles. The maximum atomic E-state index is 13.0. The van der Waals surface area contributed by atoms with E-state index in [1.165, 1.54) is 12.1 Å². The minimum atomic E-state index is -0.379. The second kappa shape index (κ2) is 7.08. The number of amides is 1. The van der Waals surface area contributed by atoms with Crippen LogP contribution in [-0.4, -0.2) is 5.91 Å². The first kappa shape index (κ1) is 13.7. The van der Waals surface area contributed by atoms with Crippen molar-refractivity contribution in [2.75, 3.05) is 5.32 Å². The van der Waals surface area contributed by atoms with Crippen molar-refractivity contribution >= 4 is 27.5 Å². The summed E-state index contributed by atoms with van der Waals surface area (Å²) in [6.45, 7) is 0. The summed E-state index contributed by atoms with van der Waals surface area (Å²) >= 11 is 3.24. The second-order valence-corrected chi connectivity index (χ2v) is 4.44. The van der Waals surface area contributed by atoms with E-state index in [1.807, 2.05) is 0 Å². The normalized spacial score (nSPS) is 9.71. The van der Waals surface area contributed by atoms with Crippen LogP contribution in [0.2, 0.25) is 0 Å². The number of nitrogens with one attached hydrogen (secondary N) is 1. The highest BCUT2D eigenvalue weighted by Crippen LogP contribution is 2.23. The number of rotatable bonds is 5. The van der Waals surface area contributed by atoms with Gasteiger partial charge in [-0.15, -0.1) is 12.3 Å². The number of carbonyl (C=O) groups is 1. The van der Waals surface area contributed by atoms with Crippen molar-refractivity contribution in [2.45, 2.75) is 25.7 Å². The quantitative estimate of drug-likeness (QED) is 0.651. The summed E-state index contributed by atoms with van der Waals surface area (Å²) in [6.07, 6.45) is 7.74. The number of hydrogen-bond acceptors (Lipinski definition) is 1. The molecular weight excluding hydrogens is 285 g/mol. The van der Waals surface area contributed by atoms with Crippen LogP contribution in [0.3, 0.4) is 0 Å². The lowest BCUT2D eigenvalue weighted by molar-refractivity contribution is -0.116. The molecule has 0 spiro atoms. The Balaban J connectivity index is 2.45. The molecule has 1 N–H and O–H groups in total. The highest BCUT2D eigenvalue weighted by molar-refractivity contribution is 9.10. The second-order valence-electron chi connectivity index (χ2n) is 3.58. The minimum absolute atomic E-state index is 0.131. The van der Waals surface area contributed by atoms with Gasteiger partial charge < -0.3 is 5.32 Å². The Kier molecular flexibility index (Phi) is 5.71. The number of benzene rings is 1. The first-order chi connectivity index (χ1) is 8.13. The molecule has 0 heterocycles. The van der Waals surface area contributed by atoms with Gasteiger partial charge >= 0.3 is 0 Å². The van der Waals surface area contributed by atoms with Crippen molar-refractivity contribution in [1.82, 2.24) is 0 Å². The Morgan fingerprint density at radius 1 is 1.47 bits per heavy atom. The summed E-state index contributed by atoms with van der Waals surface area (Å²) in [5.74, 6) is 2.01. The summed E-state index contributed by atoms with van der Waals surface area (Å²) in [4.78, 5) is 11.5. The van der Waals surface area contributed by atoms with E-state index in [-0.39, 0.29) is 11.7 Å². The average molecular weight is 298 g/mol. The molecule has 2 nitrogen and oxygen atoms in total. The van der Waals surface area contributed by atoms with Crippen molar-refractivity contribution < 1.29 is 9.18 Å². The Morgan fingerprint density at radius 2 is 2.24 bits per heavy atom. The van der Waals surface area contributed by atoms with E-state index >= 15 is 0 Å². The van der Waals surface area contributed by atoms with Gasteiger partial charge in [-0.25, -0.2) is 4.39 Å². The minimum Gasteiger partial charge on any atom is -0.325 e. The summed E-state index contributed by atoms with van der Waals surface area (Å²) in [6, 6.07) is 4.17. The third-order valence-electron chi connectivity index (χ3n) is 2.18. The molecule has 17 heavy (non-hydrogen) atoms. The lowest BCUT2D eigenvalue weighted by atomic mass is 10.2. The van der Waals surface area contributed by atoms with Crippen molar-refractivity contribution in [1.29, 1.82) is 0 Å². The SMILES string of the molecule is C#CCCCCC(=O)Nc1cc(F)ccc1Br. The van der Waals surface area contributed by atoms with Crippen LogP contribution in [0.15, 0.2) is 22.7 Å². The fourth-order valence-electron chi connectivity index (χ4n) is 1.32. The third kappa shape index (κ3) is 5.01. The number of anilines is 1. The molecule has 1 aromatic carbocycles. The molecule has 0 aliphatic heterocycles. The van der Waals surface area contributed by atoms with Crippen molar-refractivity contribution in [2.24, 2.45) is 0 Å². The average Bonchev–Trinajstić information content (AvgIpc) is 2.29. The van der Waals surface area contributed by atoms with Gasteiger partial charge in [-0.1, -0.05) is 0 Å². The van der Waals surface area contributed by atoms with Gasteiger partial charge in [0, 0.05) is 17.3 Å². The monoisotopic (exact) mass is 297 g/mol. The van der Waals surface area contributed by atoms with Crippen molar-refractivity contribution in [3.8, 4) is 12.3 Å².